The standard InChI is InChI=1S/C26H29NO5/c1-15-12-13-17(14-16(15)2)23(28)21-22(19-10-7-11-20(31-3)25(19)32-4)27(26(30)24(21)29)18-8-5-6-9-18/h7,10-14,18,22,28H,5-6,8-9H2,1-4H3/b23-21-. The lowest BCUT2D eigenvalue weighted by Crippen LogP contribution is -2.37. The van der Waals surface area contributed by atoms with Crippen LogP contribution in [0.1, 0.15) is 54.0 Å². The maximum atomic E-state index is 13.3. The Morgan fingerprint density at radius 1 is 1.00 bits per heavy atom. The number of hydrogen-bond donors (Lipinski definition) is 1. The SMILES string of the molecule is COc1cccc(C2/C(=C(/O)c3ccc(C)c(C)c3)C(=O)C(=O)N2C2CCCC2)c1OC. The second kappa shape index (κ2) is 8.69. The number of carbonyl (C=O) groups is 2. The summed E-state index contributed by atoms with van der Waals surface area (Å²) in [6.45, 7) is 3.94. The third-order valence-electron chi connectivity index (χ3n) is 6.71. The summed E-state index contributed by atoms with van der Waals surface area (Å²) in [7, 11) is 3.08. The summed E-state index contributed by atoms with van der Waals surface area (Å²) in [5.41, 5.74) is 3.32. The minimum atomic E-state index is -0.746. The van der Waals surface area contributed by atoms with Crippen molar-refractivity contribution in [3.8, 4) is 11.5 Å². The van der Waals surface area contributed by atoms with Crippen LogP contribution in [0.2, 0.25) is 0 Å². The summed E-state index contributed by atoms with van der Waals surface area (Å²) < 4.78 is 11.1. The van der Waals surface area contributed by atoms with Crippen molar-refractivity contribution in [3.05, 3.63) is 64.2 Å². The lowest BCUT2D eigenvalue weighted by atomic mass is 9.93. The topological polar surface area (TPSA) is 76.1 Å². The molecule has 2 aromatic carbocycles. The summed E-state index contributed by atoms with van der Waals surface area (Å²) in [4.78, 5) is 28.2. The van der Waals surface area contributed by atoms with Crippen LogP contribution in [0.4, 0.5) is 0 Å². The van der Waals surface area contributed by atoms with Crippen LogP contribution in [-0.4, -0.2) is 42.0 Å². The van der Waals surface area contributed by atoms with Crippen molar-refractivity contribution in [1.29, 1.82) is 0 Å². The molecular formula is C26H29NO5. The van der Waals surface area contributed by atoms with E-state index in [-0.39, 0.29) is 17.4 Å². The minimum absolute atomic E-state index is 0.0580. The highest BCUT2D eigenvalue weighted by molar-refractivity contribution is 6.46. The van der Waals surface area contributed by atoms with Gasteiger partial charge in [0.25, 0.3) is 11.7 Å². The predicted octanol–water partition coefficient (Wildman–Crippen LogP) is 4.68. The number of aryl methyl sites for hydroxylation is 2. The van der Waals surface area contributed by atoms with Crippen molar-refractivity contribution in [3.63, 3.8) is 0 Å². The first kappa shape index (κ1) is 21.9. The zero-order valence-corrected chi connectivity index (χ0v) is 19.0. The van der Waals surface area contributed by atoms with Gasteiger partial charge in [0.15, 0.2) is 11.5 Å². The lowest BCUT2D eigenvalue weighted by molar-refractivity contribution is -0.141. The number of aliphatic hydroxyl groups excluding tert-OH is 1. The highest BCUT2D eigenvalue weighted by Gasteiger charge is 2.50. The molecule has 2 fully saturated rings. The van der Waals surface area contributed by atoms with Crippen molar-refractivity contribution < 1.29 is 24.2 Å². The Labute approximate surface area is 188 Å². The van der Waals surface area contributed by atoms with Crippen molar-refractivity contribution in [2.75, 3.05) is 14.2 Å². The fourth-order valence-corrected chi connectivity index (χ4v) is 4.89. The number of aliphatic hydroxyl groups is 1. The Hall–Kier alpha value is -3.28. The van der Waals surface area contributed by atoms with E-state index in [0.717, 1.165) is 36.8 Å². The fraction of sp³-hybridized carbons (Fsp3) is 0.385. The number of Topliss-reactive ketones (excluding diaryl/α,β-unsaturated/α-hetero) is 1. The van der Waals surface area contributed by atoms with E-state index in [1.165, 1.54) is 7.11 Å². The highest BCUT2D eigenvalue weighted by Crippen LogP contribution is 2.48. The summed E-state index contributed by atoms with van der Waals surface area (Å²) in [5.74, 6) is -0.439. The Morgan fingerprint density at radius 2 is 1.72 bits per heavy atom. The van der Waals surface area contributed by atoms with Gasteiger partial charge in [0.1, 0.15) is 5.76 Å². The van der Waals surface area contributed by atoms with E-state index < -0.39 is 17.7 Å². The van der Waals surface area contributed by atoms with Gasteiger partial charge >= 0.3 is 0 Å². The molecule has 1 aliphatic heterocycles. The van der Waals surface area contributed by atoms with E-state index in [4.69, 9.17) is 9.47 Å². The van der Waals surface area contributed by atoms with Crippen LogP contribution in [0.15, 0.2) is 42.0 Å². The summed E-state index contributed by atoms with van der Waals surface area (Å²) >= 11 is 0. The van der Waals surface area contributed by atoms with Gasteiger partial charge < -0.3 is 19.5 Å². The number of rotatable bonds is 5. The largest absolute Gasteiger partial charge is 0.507 e. The smallest absolute Gasteiger partial charge is 0.295 e. The molecule has 168 valence electrons. The fourth-order valence-electron chi connectivity index (χ4n) is 4.89. The van der Waals surface area contributed by atoms with Crippen molar-refractivity contribution >= 4 is 17.4 Å². The lowest BCUT2D eigenvalue weighted by Gasteiger charge is -2.31. The number of likely N-dealkylation sites (tertiary alicyclic amines) is 1. The summed E-state index contributed by atoms with van der Waals surface area (Å²) in [6, 6.07) is 10.1. The van der Waals surface area contributed by atoms with E-state index >= 15 is 0 Å². The molecule has 6 nitrogen and oxygen atoms in total. The third-order valence-corrected chi connectivity index (χ3v) is 6.71. The Bertz CT molecular complexity index is 1100. The number of hydrogen-bond acceptors (Lipinski definition) is 5. The Kier molecular flexibility index (Phi) is 5.96. The van der Waals surface area contributed by atoms with E-state index in [2.05, 4.69) is 0 Å². The first-order chi connectivity index (χ1) is 15.4. The molecule has 1 saturated heterocycles. The average molecular weight is 436 g/mol. The molecule has 1 unspecified atom stereocenters. The molecule has 1 N–H and O–H groups in total. The van der Waals surface area contributed by atoms with Crippen LogP contribution >= 0.6 is 0 Å². The zero-order chi connectivity index (χ0) is 23.0. The highest BCUT2D eigenvalue weighted by atomic mass is 16.5. The maximum absolute atomic E-state index is 13.3. The van der Waals surface area contributed by atoms with Gasteiger partial charge in [-0.1, -0.05) is 37.1 Å². The molecule has 2 aliphatic rings. The Balaban J connectivity index is 1.96. The van der Waals surface area contributed by atoms with Gasteiger partial charge in [-0.3, -0.25) is 9.59 Å². The number of benzene rings is 2. The van der Waals surface area contributed by atoms with Crippen LogP contribution in [0, 0.1) is 13.8 Å². The second-order valence-corrected chi connectivity index (χ2v) is 8.53. The van der Waals surface area contributed by atoms with E-state index in [0.29, 0.717) is 22.6 Å². The first-order valence-corrected chi connectivity index (χ1v) is 11.0. The van der Waals surface area contributed by atoms with Gasteiger partial charge in [0, 0.05) is 17.2 Å². The Morgan fingerprint density at radius 3 is 2.34 bits per heavy atom. The van der Waals surface area contributed by atoms with Crippen LogP contribution in [0.25, 0.3) is 5.76 Å². The number of nitrogens with zero attached hydrogens (tertiary/aromatic N) is 1. The molecule has 1 saturated carbocycles. The van der Waals surface area contributed by atoms with Crippen LogP contribution in [0.3, 0.4) is 0 Å². The predicted molar refractivity (Wildman–Crippen MR) is 122 cm³/mol. The number of carbonyl (C=O) groups excluding carboxylic acids is 2. The molecule has 0 spiro atoms. The van der Waals surface area contributed by atoms with Gasteiger partial charge in [-0.15, -0.1) is 0 Å². The number of ketones is 1. The van der Waals surface area contributed by atoms with Gasteiger partial charge in [-0.05, 0) is 49.9 Å². The molecule has 4 rings (SSSR count). The molecular weight excluding hydrogens is 406 g/mol. The number of methoxy groups -OCH3 is 2. The van der Waals surface area contributed by atoms with Crippen molar-refractivity contribution in [2.45, 2.75) is 51.6 Å². The van der Waals surface area contributed by atoms with Gasteiger partial charge in [-0.2, -0.15) is 0 Å². The third kappa shape index (κ3) is 3.53. The molecule has 0 aromatic heterocycles. The normalized spacial score (nSPS) is 20.8. The number of amides is 1. The van der Waals surface area contributed by atoms with Gasteiger partial charge in [-0.25, -0.2) is 0 Å². The molecule has 1 atom stereocenters. The number of para-hydroxylation sites is 1. The average Bonchev–Trinajstić information content (AvgIpc) is 3.41. The first-order valence-electron chi connectivity index (χ1n) is 11.0. The van der Waals surface area contributed by atoms with Crippen LogP contribution < -0.4 is 9.47 Å². The quantitative estimate of drug-likeness (QED) is 0.419. The molecule has 2 aromatic rings. The molecule has 32 heavy (non-hydrogen) atoms. The molecule has 0 bridgehead atoms. The molecule has 1 aliphatic carbocycles. The molecule has 1 amide bonds. The van der Waals surface area contributed by atoms with Crippen molar-refractivity contribution in [1.82, 2.24) is 4.90 Å². The van der Waals surface area contributed by atoms with Gasteiger partial charge in [0.05, 0.1) is 25.8 Å². The van der Waals surface area contributed by atoms with E-state index in [1.807, 2.05) is 38.1 Å². The monoisotopic (exact) mass is 435 g/mol. The van der Waals surface area contributed by atoms with Crippen LogP contribution in [0.5, 0.6) is 11.5 Å². The van der Waals surface area contributed by atoms with E-state index in [1.54, 1.807) is 24.1 Å². The van der Waals surface area contributed by atoms with E-state index in [9.17, 15) is 14.7 Å². The molecule has 1 heterocycles. The summed E-state index contributed by atoms with van der Waals surface area (Å²) in [6.07, 6.45) is 3.68. The number of ether oxygens (including phenoxy) is 2. The summed E-state index contributed by atoms with van der Waals surface area (Å²) in [5, 5.41) is 11.3. The second-order valence-electron chi connectivity index (χ2n) is 8.53. The maximum Gasteiger partial charge on any atom is 0.295 e. The van der Waals surface area contributed by atoms with Crippen molar-refractivity contribution in [2.24, 2.45) is 0 Å². The molecule has 6 heteroatoms. The minimum Gasteiger partial charge on any atom is -0.507 e. The zero-order valence-electron chi connectivity index (χ0n) is 19.0. The molecule has 0 radical (unpaired) electrons. The van der Waals surface area contributed by atoms with Crippen LogP contribution in [-0.2, 0) is 9.59 Å². The van der Waals surface area contributed by atoms with Gasteiger partial charge in [0.2, 0.25) is 0 Å².